The standard InChI is InChI=1S/C43H36N2/c1-3-15-31(16-4-2)45(41-26-25-30-27-38(30)41)43-29-40-34-21-11-13-23-36(34)42(28-39(40)35-22-12-14-24-37(35)43)44(32-17-7-5-8-18-32)33-19-9-6-10-20-33/h3-24,26,28-30,38H,1,25,27H2,2H3/b16-4-,31-15+. The Bertz CT molecular complexity index is 2110. The van der Waals surface area contributed by atoms with Crippen molar-refractivity contribution in [1.82, 2.24) is 0 Å². The highest BCUT2D eigenvalue weighted by Crippen LogP contribution is 2.55. The lowest BCUT2D eigenvalue weighted by molar-refractivity contribution is 0.833. The van der Waals surface area contributed by atoms with Crippen molar-refractivity contribution in [3.8, 4) is 0 Å². The van der Waals surface area contributed by atoms with Gasteiger partial charge in [-0.2, -0.15) is 0 Å². The molecule has 0 heterocycles. The topological polar surface area (TPSA) is 6.48 Å². The highest BCUT2D eigenvalue weighted by molar-refractivity contribution is 6.24. The molecule has 0 amide bonds. The molecule has 0 radical (unpaired) electrons. The van der Waals surface area contributed by atoms with Gasteiger partial charge in [-0.3, -0.25) is 0 Å². The van der Waals surface area contributed by atoms with Crippen LogP contribution < -0.4 is 9.80 Å². The van der Waals surface area contributed by atoms with Crippen LogP contribution in [0, 0.1) is 11.8 Å². The molecular formula is C43H36N2. The van der Waals surface area contributed by atoms with Crippen molar-refractivity contribution in [2.24, 2.45) is 11.8 Å². The largest absolute Gasteiger partial charge is 0.314 e. The Morgan fingerprint density at radius 2 is 1.20 bits per heavy atom. The van der Waals surface area contributed by atoms with E-state index in [4.69, 9.17) is 0 Å². The predicted molar refractivity (Wildman–Crippen MR) is 194 cm³/mol. The number of hydrogen-bond acceptors (Lipinski definition) is 2. The maximum Gasteiger partial charge on any atom is 0.0546 e. The minimum atomic E-state index is 0.627. The van der Waals surface area contributed by atoms with E-state index in [1.54, 1.807) is 0 Å². The van der Waals surface area contributed by atoms with Crippen molar-refractivity contribution in [3.63, 3.8) is 0 Å². The van der Waals surface area contributed by atoms with Crippen molar-refractivity contribution in [2.45, 2.75) is 19.8 Å². The lowest BCUT2D eigenvalue weighted by atomic mass is 9.93. The predicted octanol–water partition coefficient (Wildman–Crippen LogP) is 12.0. The average Bonchev–Trinajstić information content (AvgIpc) is 3.76. The maximum atomic E-state index is 4.08. The van der Waals surface area contributed by atoms with E-state index >= 15 is 0 Å². The molecule has 0 saturated heterocycles. The fraction of sp³-hybridized carbons (Fsp3) is 0.116. The molecule has 2 nitrogen and oxygen atoms in total. The van der Waals surface area contributed by atoms with Gasteiger partial charge >= 0.3 is 0 Å². The summed E-state index contributed by atoms with van der Waals surface area (Å²) in [5.41, 5.74) is 7.25. The summed E-state index contributed by atoms with van der Waals surface area (Å²) in [6.45, 7) is 6.18. The minimum absolute atomic E-state index is 0.627. The number of nitrogens with zero attached hydrogens (tertiary/aromatic N) is 2. The molecule has 2 aliphatic rings. The lowest BCUT2D eigenvalue weighted by Crippen LogP contribution is -2.22. The van der Waals surface area contributed by atoms with E-state index in [0.717, 1.165) is 23.0 Å². The van der Waals surface area contributed by atoms with Crippen LogP contribution in [0.25, 0.3) is 32.3 Å². The molecule has 6 aromatic carbocycles. The van der Waals surface area contributed by atoms with Gasteiger partial charge in [0, 0.05) is 39.5 Å². The molecule has 0 N–H and O–H groups in total. The van der Waals surface area contributed by atoms with E-state index in [9.17, 15) is 0 Å². The number of fused-ring (bicyclic) bond motifs is 6. The van der Waals surface area contributed by atoms with Crippen LogP contribution in [0.2, 0.25) is 0 Å². The van der Waals surface area contributed by atoms with Crippen molar-refractivity contribution < 1.29 is 0 Å². The van der Waals surface area contributed by atoms with Gasteiger partial charge in [-0.15, -0.1) is 0 Å². The van der Waals surface area contributed by atoms with Gasteiger partial charge in [-0.05, 0) is 95.8 Å². The molecule has 2 heteroatoms. The summed E-state index contributed by atoms with van der Waals surface area (Å²) in [5, 5.41) is 7.50. The summed E-state index contributed by atoms with van der Waals surface area (Å²) in [7, 11) is 0. The monoisotopic (exact) mass is 580 g/mol. The molecule has 1 fully saturated rings. The number of allylic oxidation sites excluding steroid dienone is 6. The molecule has 218 valence electrons. The number of hydrogen-bond donors (Lipinski definition) is 0. The number of anilines is 4. The third-order valence-electron chi connectivity index (χ3n) is 9.42. The van der Waals surface area contributed by atoms with E-state index in [2.05, 4.69) is 169 Å². The van der Waals surface area contributed by atoms with Gasteiger partial charge in [0.1, 0.15) is 0 Å². The zero-order valence-electron chi connectivity index (χ0n) is 25.6. The zero-order chi connectivity index (χ0) is 30.3. The van der Waals surface area contributed by atoms with Crippen LogP contribution in [0.1, 0.15) is 19.8 Å². The lowest BCUT2D eigenvalue weighted by Gasteiger charge is -2.31. The van der Waals surface area contributed by atoms with Gasteiger partial charge in [0.05, 0.1) is 11.4 Å². The number of benzene rings is 6. The quantitative estimate of drug-likeness (QED) is 0.130. The summed E-state index contributed by atoms with van der Waals surface area (Å²) < 4.78 is 0. The van der Waals surface area contributed by atoms with Gasteiger partial charge in [-0.1, -0.05) is 110 Å². The Morgan fingerprint density at radius 1 is 0.667 bits per heavy atom. The first kappa shape index (κ1) is 27.2. The highest BCUT2D eigenvalue weighted by atomic mass is 15.2. The summed E-state index contributed by atoms with van der Waals surface area (Å²) in [5.74, 6) is 1.41. The van der Waals surface area contributed by atoms with E-state index in [1.807, 2.05) is 6.08 Å². The molecule has 2 unspecified atom stereocenters. The SMILES string of the molecule is C=C/C=C(\C=C/C)N(C1=CCC2CC12)c1cc2c3ccccc3c(N(c3ccccc3)c3ccccc3)cc2c2ccccc12. The van der Waals surface area contributed by atoms with Gasteiger partial charge in [0.25, 0.3) is 0 Å². The fourth-order valence-corrected chi connectivity index (χ4v) is 7.34. The van der Waals surface area contributed by atoms with Crippen molar-refractivity contribution >= 4 is 55.1 Å². The molecule has 0 aromatic heterocycles. The Morgan fingerprint density at radius 3 is 1.71 bits per heavy atom. The fourth-order valence-electron chi connectivity index (χ4n) is 7.34. The average molecular weight is 581 g/mol. The van der Waals surface area contributed by atoms with E-state index in [1.165, 1.54) is 62.2 Å². The Labute approximate surface area is 265 Å². The minimum Gasteiger partial charge on any atom is -0.314 e. The summed E-state index contributed by atoms with van der Waals surface area (Å²) in [6, 6.07) is 44.1. The Hall–Kier alpha value is -5.34. The molecule has 0 aliphatic heterocycles. The van der Waals surface area contributed by atoms with Crippen molar-refractivity contribution in [1.29, 1.82) is 0 Å². The second-order valence-corrected chi connectivity index (χ2v) is 12.1. The van der Waals surface area contributed by atoms with E-state index in [-0.39, 0.29) is 0 Å². The number of rotatable bonds is 8. The summed E-state index contributed by atoms with van der Waals surface area (Å²) in [6.07, 6.45) is 13.3. The molecule has 2 aliphatic carbocycles. The number of para-hydroxylation sites is 2. The first-order valence-electron chi connectivity index (χ1n) is 16.0. The van der Waals surface area contributed by atoms with Gasteiger partial charge in [0.15, 0.2) is 0 Å². The van der Waals surface area contributed by atoms with Crippen LogP contribution in [0.5, 0.6) is 0 Å². The molecule has 1 saturated carbocycles. The molecule has 2 atom stereocenters. The maximum absolute atomic E-state index is 4.08. The zero-order valence-corrected chi connectivity index (χ0v) is 25.6. The highest BCUT2D eigenvalue weighted by Gasteiger charge is 2.46. The first-order chi connectivity index (χ1) is 22.3. The summed E-state index contributed by atoms with van der Waals surface area (Å²) in [4.78, 5) is 4.91. The Kier molecular flexibility index (Phi) is 6.84. The molecular weight excluding hydrogens is 544 g/mol. The van der Waals surface area contributed by atoms with Crippen LogP contribution in [0.15, 0.2) is 170 Å². The van der Waals surface area contributed by atoms with Crippen LogP contribution in [0.4, 0.5) is 22.7 Å². The van der Waals surface area contributed by atoms with Crippen LogP contribution in [-0.4, -0.2) is 0 Å². The van der Waals surface area contributed by atoms with Crippen LogP contribution in [-0.2, 0) is 0 Å². The molecule has 8 rings (SSSR count). The molecule has 0 bridgehead atoms. The van der Waals surface area contributed by atoms with Crippen LogP contribution >= 0.6 is 0 Å². The van der Waals surface area contributed by atoms with Crippen LogP contribution in [0.3, 0.4) is 0 Å². The van der Waals surface area contributed by atoms with Crippen molar-refractivity contribution in [2.75, 3.05) is 9.80 Å². The third kappa shape index (κ3) is 4.65. The van der Waals surface area contributed by atoms with E-state index < -0.39 is 0 Å². The first-order valence-corrected chi connectivity index (χ1v) is 16.0. The molecule has 45 heavy (non-hydrogen) atoms. The molecule has 6 aromatic rings. The second kappa shape index (κ2) is 11.3. The van der Waals surface area contributed by atoms with E-state index in [0.29, 0.717) is 5.92 Å². The van der Waals surface area contributed by atoms with Gasteiger partial charge in [-0.25, -0.2) is 0 Å². The second-order valence-electron chi connectivity index (χ2n) is 12.1. The smallest absolute Gasteiger partial charge is 0.0546 e. The molecule has 0 spiro atoms. The Balaban J connectivity index is 1.46. The van der Waals surface area contributed by atoms with Gasteiger partial charge in [0.2, 0.25) is 0 Å². The van der Waals surface area contributed by atoms with Crippen molar-refractivity contribution in [3.05, 3.63) is 170 Å². The third-order valence-corrected chi connectivity index (χ3v) is 9.42. The van der Waals surface area contributed by atoms with Gasteiger partial charge < -0.3 is 9.80 Å². The normalized spacial score (nSPS) is 17.5. The summed E-state index contributed by atoms with van der Waals surface area (Å²) >= 11 is 0.